The van der Waals surface area contributed by atoms with Crippen molar-refractivity contribution < 1.29 is 4.79 Å². The third-order valence-corrected chi connectivity index (χ3v) is 3.86. The van der Waals surface area contributed by atoms with Gasteiger partial charge in [0.05, 0.1) is 6.04 Å². The Hall–Kier alpha value is -0.610. The van der Waals surface area contributed by atoms with Crippen LogP contribution in [0.1, 0.15) is 32.1 Å². The predicted octanol–water partition coefficient (Wildman–Crippen LogP) is 0.0651. The first-order chi connectivity index (χ1) is 7.17. The molecule has 4 heteroatoms. The van der Waals surface area contributed by atoms with E-state index in [1.54, 1.807) is 0 Å². The lowest BCUT2D eigenvalue weighted by Crippen LogP contribution is -2.43. The lowest BCUT2D eigenvalue weighted by atomic mass is 10.0. The van der Waals surface area contributed by atoms with Gasteiger partial charge in [-0.1, -0.05) is 0 Å². The number of amides is 1. The van der Waals surface area contributed by atoms with Crippen molar-refractivity contribution in [2.24, 2.45) is 16.9 Å². The summed E-state index contributed by atoms with van der Waals surface area (Å²) in [5.74, 6) is -0.156. The number of carbonyl (C=O) groups is 1. The van der Waals surface area contributed by atoms with Crippen LogP contribution in [0.3, 0.4) is 0 Å². The molecular formula is C11H21N3O. The van der Waals surface area contributed by atoms with Gasteiger partial charge in [0.15, 0.2) is 0 Å². The first-order valence-electron chi connectivity index (χ1n) is 5.90. The molecule has 1 amide bonds. The highest BCUT2D eigenvalue weighted by molar-refractivity contribution is 5.80. The van der Waals surface area contributed by atoms with Crippen molar-refractivity contribution in [1.29, 1.82) is 0 Å². The first kappa shape index (κ1) is 10.9. The van der Waals surface area contributed by atoms with Gasteiger partial charge in [-0.05, 0) is 50.6 Å². The fraction of sp³-hybridized carbons (Fsp3) is 0.909. The maximum absolute atomic E-state index is 11.2. The molecule has 2 fully saturated rings. The molecule has 1 heterocycles. The van der Waals surface area contributed by atoms with E-state index < -0.39 is 0 Å². The van der Waals surface area contributed by atoms with Gasteiger partial charge in [0.2, 0.25) is 5.91 Å². The van der Waals surface area contributed by atoms with Crippen LogP contribution in [0.5, 0.6) is 0 Å². The van der Waals surface area contributed by atoms with Crippen LogP contribution in [0, 0.1) is 5.41 Å². The Kier molecular flexibility index (Phi) is 2.98. The number of nitrogens with zero attached hydrogens (tertiary/aromatic N) is 1. The molecule has 2 aliphatic rings. The third-order valence-electron chi connectivity index (χ3n) is 3.86. The van der Waals surface area contributed by atoms with E-state index in [-0.39, 0.29) is 11.9 Å². The molecule has 1 saturated heterocycles. The van der Waals surface area contributed by atoms with Crippen molar-refractivity contribution in [3.63, 3.8) is 0 Å². The molecule has 0 aromatic heterocycles. The minimum Gasteiger partial charge on any atom is -0.368 e. The first-order valence-corrected chi connectivity index (χ1v) is 5.90. The van der Waals surface area contributed by atoms with E-state index >= 15 is 0 Å². The van der Waals surface area contributed by atoms with Gasteiger partial charge < -0.3 is 11.5 Å². The second kappa shape index (κ2) is 4.10. The third kappa shape index (κ3) is 2.32. The van der Waals surface area contributed by atoms with Gasteiger partial charge in [-0.2, -0.15) is 0 Å². The summed E-state index contributed by atoms with van der Waals surface area (Å²) in [7, 11) is 0. The number of carbonyl (C=O) groups excluding carboxylic acids is 1. The molecule has 15 heavy (non-hydrogen) atoms. The zero-order valence-corrected chi connectivity index (χ0v) is 9.24. The maximum Gasteiger partial charge on any atom is 0.234 e. The number of hydrogen-bond donors (Lipinski definition) is 2. The summed E-state index contributed by atoms with van der Waals surface area (Å²) in [6.07, 6.45) is 5.67. The fourth-order valence-corrected chi connectivity index (χ4v) is 2.74. The van der Waals surface area contributed by atoms with E-state index in [2.05, 4.69) is 4.90 Å². The van der Waals surface area contributed by atoms with E-state index in [1.165, 1.54) is 12.8 Å². The normalized spacial score (nSPS) is 29.3. The van der Waals surface area contributed by atoms with Crippen LogP contribution in [0.25, 0.3) is 0 Å². The molecule has 1 aliphatic heterocycles. The minimum absolute atomic E-state index is 0.0137. The average molecular weight is 211 g/mol. The van der Waals surface area contributed by atoms with Gasteiger partial charge in [0, 0.05) is 6.54 Å². The van der Waals surface area contributed by atoms with E-state index in [0.717, 1.165) is 38.9 Å². The predicted molar refractivity (Wildman–Crippen MR) is 59.1 cm³/mol. The molecule has 2 rings (SSSR count). The zero-order chi connectivity index (χ0) is 10.9. The van der Waals surface area contributed by atoms with E-state index in [1.807, 2.05) is 0 Å². The van der Waals surface area contributed by atoms with E-state index in [9.17, 15) is 4.79 Å². The van der Waals surface area contributed by atoms with Crippen molar-refractivity contribution in [2.75, 3.05) is 19.6 Å². The largest absolute Gasteiger partial charge is 0.368 e. The Morgan fingerprint density at radius 2 is 2.20 bits per heavy atom. The molecule has 0 aromatic carbocycles. The smallest absolute Gasteiger partial charge is 0.234 e. The molecule has 4 nitrogen and oxygen atoms in total. The van der Waals surface area contributed by atoms with Gasteiger partial charge in [0.25, 0.3) is 0 Å². The van der Waals surface area contributed by atoms with Gasteiger partial charge >= 0.3 is 0 Å². The fourth-order valence-electron chi connectivity index (χ4n) is 2.74. The van der Waals surface area contributed by atoms with Crippen molar-refractivity contribution in [1.82, 2.24) is 4.90 Å². The van der Waals surface area contributed by atoms with Gasteiger partial charge in [-0.25, -0.2) is 0 Å². The van der Waals surface area contributed by atoms with Crippen LogP contribution < -0.4 is 11.5 Å². The summed E-state index contributed by atoms with van der Waals surface area (Å²) >= 11 is 0. The second-order valence-corrected chi connectivity index (χ2v) is 5.07. The molecular weight excluding hydrogens is 190 g/mol. The molecule has 0 bridgehead atoms. The van der Waals surface area contributed by atoms with Crippen molar-refractivity contribution >= 4 is 5.91 Å². The highest BCUT2D eigenvalue weighted by Crippen LogP contribution is 2.49. The highest BCUT2D eigenvalue weighted by Gasteiger charge is 2.45. The van der Waals surface area contributed by atoms with Crippen molar-refractivity contribution in [3.05, 3.63) is 0 Å². The average Bonchev–Trinajstić information content (AvgIpc) is 2.77. The molecule has 4 N–H and O–H groups in total. The minimum atomic E-state index is -0.156. The van der Waals surface area contributed by atoms with Crippen molar-refractivity contribution in [3.8, 4) is 0 Å². The Morgan fingerprint density at radius 3 is 2.73 bits per heavy atom. The number of nitrogens with two attached hydrogens (primary N) is 2. The highest BCUT2D eigenvalue weighted by atomic mass is 16.1. The van der Waals surface area contributed by atoms with Crippen LogP contribution in [-0.2, 0) is 4.79 Å². The Labute approximate surface area is 91.0 Å². The Balaban J connectivity index is 1.91. The molecule has 1 unspecified atom stereocenters. The summed E-state index contributed by atoms with van der Waals surface area (Å²) in [6.45, 7) is 2.81. The lowest BCUT2D eigenvalue weighted by molar-refractivity contribution is -0.122. The second-order valence-electron chi connectivity index (χ2n) is 5.07. The zero-order valence-electron chi connectivity index (χ0n) is 9.24. The summed E-state index contributed by atoms with van der Waals surface area (Å²) in [4.78, 5) is 13.5. The Morgan fingerprint density at radius 1 is 1.47 bits per heavy atom. The summed E-state index contributed by atoms with van der Waals surface area (Å²) in [5.41, 5.74) is 11.4. The van der Waals surface area contributed by atoms with Crippen LogP contribution >= 0.6 is 0 Å². The topological polar surface area (TPSA) is 72.3 Å². The Bertz CT molecular complexity index is 250. The molecule has 1 atom stereocenters. The quantitative estimate of drug-likeness (QED) is 0.675. The van der Waals surface area contributed by atoms with Gasteiger partial charge in [-0.15, -0.1) is 0 Å². The van der Waals surface area contributed by atoms with Crippen LogP contribution in [0.4, 0.5) is 0 Å². The molecule has 1 saturated carbocycles. The standard InChI is InChI=1S/C11H21N3O/c12-6-5-11(3-4-11)8-14-7-1-2-9(14)10(13)15/h9H,1-8,12H2,(H2,13,15). The molecule has 0 radical (unpaired) electrons. The molecule has 86 valence electrons. The number of rotatable bonds is 5. The van der Waals surface area contributed by atoms with Gasteiger partial charge in [0.1, 0.15) is 0 Å². The van der Waals surface area contributed by atoms with Crippen LogP contribution in [0.2, 0.25) is 0 Å². The molecule has 0 aromatic rings. The summed E-state index contributed by atoms with van der Waals surface area (Å²) in [6, 6.07) is -0.0137. The van der Waals surface area contributed by atoms with Crippen molar-refractivity contribution in [2.45, 2.75) is 38.1 Å². The number of hydrogen-bond acceptors (Lipinski definition) is 3. The lowest BCUT2D eigenvalue weighted by Gasteiger charge is -2.26. The number of likely N-dealkylation sites (tertiary alicyclic amines) is 1. The van der Waals surface area contributed by atoms with E-state index in [0.29, 0.717) is 5.41 Å². The molecule has 0 spiro atoms. The summed E-state index contributed by atoms with van der Waals surface area (Å²) in [5, 5.41) is 0. The van der Waals surface area contributed by atoms with E-state index in [4.69, 9.17) is 11.5 Å². The maximum atomic E-state index is 11.2. The van der Waals surface area contributed by atoms with Crippen LogP contribution in [0.15, 0.2) is 0 Å². The SMILES string of the molecule is NCCC1(CN2CCCC2C(N)=O)CC1. The monoisotopic (exact) mass is 211 g/mol. The molecule has 1 aliphatic carbocycles. The number of primary amides is 1. The summed E-state index contributed by atoms with van der Waals surface area (Å²) < 4.78 is 0. The van der Waals surface area contributed by atoms with Crippen LogP contribution in [-0.4, -0.2) is 36.5 Å². The van der Waals surface area contributed by atoms with Gasteiger partial charge in [-0.3, -0.25) is 9.69 Å².